The van der Waals surface area contributed by atoms with Crippen molar-refractivity contribution in [1.29, 1.82) is 0 Å². The molecule has 0 fully saturated rings. The summed E-state index contributed by atoms with van der Waals surface area (Å²) in [6.45, 7) is 0. The van der Waals surface area contributed by atoms with Crippen molar-refractivity contribution in [2.75, 3.05) is 0 Å². The van der Waals surface area contributed by atoms with E-state index in [9.17, 15) is 0 Å². The average molecular weight is 280 g/mol. The zero-order valence-corrected chi connectivity index (χ0v) is 10.7. The molecule has 2 aromatic rings. The van der Waals surface area contributed by atoms with Gasteiger partial charge in [-0.05, 0) is 24.1 Å². The van der Waals surface area contributed by atoms with Crippen LogP contribution in [0, 0.1) is 0 Å². The van der Waals surface area contributed by atoms with Gasteiger partial charge in [-0.3, -0.25) is 0 Å². The van der Waals surface area contributed by atoms with Gasteiger partial charge in [0.2, 0.25) is 0 Å². The predicted octanol–water partition coefficient (Wildman–Crippen LogP) is 2.43. The highest BCUT2D eigenvalue weighted by atomic mass is 79.9. The van der Waals surface area contributed by atoms with E-state index in [0.717, 1.165) is 16.6 Å². The molecule has 0 saturated heterocycles. The van der Waals surface area contributed by atoms with Gasteiger partial charge >= 0.3 is 0 Å². The van der Waals surface area contributed by atoms with Crippen LogP contribution in [0.2, 0.25) is 0 Å². The summed E-state index contributed by atoms with van der Waals surface area (Å²) in [5, 5.41) is 0. The third-order valence-corrected chi connectivity index (χ3v) is 3.00. The normalized spacial score (nSPS) is 12.7. The summed E-state index contributed by atoms with van der Waals surface area (Å²) in [4.78, 5) is 4.26. The van der Waals surface area contributed by atoms with Gasteiger partial charge in [-0.1, -0.05) is 28.1 Å². The standard InChI is InChI=1S/C12H14BrN3/c1-16-7-12(15-8-16)11(14)6-9-2-4-10(13)5-3-9/h2-5,7-8,11H,6,14H2,1H3. The lowest BCUT2D eigenvalue weighted by atomic mass is 10.0. The number of aryl methyl sites for hydroxylation is 1. The molecule has 1 aromatic carbocycles. The van der Waals surface area contributed by atoms with Crippen molar-refractivity contribution in [3.05, 3.63) is 52.5 Å². The third-order valence-electron chi connectivity index (χ3n) is 2.47. The maximum absolute atomic E-state index is 6.09. The number of nitrogens with zero attached hydrogens (tertiary/aromatic N) is 2. The zero-order chi connectivity index (χ0) is 11.5. The van der Waals surface area contributed by atoms with Gasteiger partial charge in [-0.15, -0.1) is 0 Å². The molecule has 0 aliphatic carbocycles. The number of halogens is 1. The topological polar surface area (TPSA) is 43.8 Å². The molecule has 1 atom stereocenters. The molecule has 1 heterocycles. The van der Waals surface area contributed by atoms with Crippen LogP contribution >= 0.6 is 15.9 Å². The Bertz CT molecular complexity index is 461. The van der Waals surface area contributed by atoms with Crippen molar-refractivity contribution in [1.82, 2.24) is 9.55 Å². The molecule has 2 N–H and O–H groups in total. The van der Waals surface area contributed by atoms with E-state index in [1.165, 1.54) is 5.56 Å². The first kappa shape index (κ1) is 11.4. The number of nitrogens with two attached hydrogens (primary N) is 1. The fraction of sp³-hybridized carbons (Fsp3) is 0.250. The Labute approximate surface area is 103 Å². The van der Waals surface area contributed by atoms with Crippen LogP contribution in [0.25, 0.3) is 0 Å². The lowest BCUT2D eigenvalue weighted by Gasteiger charge is -2.08. The van der Waals surface area contributed by atoms with Crippen molar-refractivity contribution in [2.24, 2.45) is 12.8 Å². The fourth-order valence-corrected chi connectivity index (χ4v) is 1.87. The lowest BCUT2D eigenvalue weighted by Crippen LogP contribution is -2.13. The van der Waals surface area contributed by atoms with E-state index in [1.807, 2.05) is 29.9 Å². The molecular formula is C12H14BrN3. The van der Waals surface area contributed by atoms with Crippen molar-refractivity contribution in [3.8, 4) is 0 Å². The minimum atomic E-state index is -0.0395. The van der Waals surface area contributed by atoms with Crippen molar-refractivity contribution >= 4 is 15.9 Å². The van der Waals surface area contributed by atoms with Crippen LogP contribution in [0.3, 0.4) is 0 Å². The van der Waals surface area contributed by atoms with Crippen molar-refractivity contribution < 1.29 is 0 Å². The van der Waals surface area contributed by atoms with Gasteiger partial charge in [-0.2, -0.15) is 0 Å². The van der Waals surface area contributed by atoms with E-state index >= 15 is 0 Å². The smallest absolute Gasteiger partial charge is 0.0947 e. The third kappa shape index (κ3) is 2.71. The Morgan fingerprint density at radius 2 is 2.06 bits per heavy atom. The summed E-state index contributed by atoms with van der Waals surface area (Å²) in [5.41, 5.74) is 8.25. The van der Waals surface area contributed by atoms with Crippen LogP contribution in [0.15, 0.2) is 41.3 Å². The Morgan fingerprint density at radius 1 is 1.38 bits per heavy atom. The monoisotopic (exact) mass is 279 g/mol. The molecule has 0 bridgehead atoms. The Morgan fingerprint density at radius 3 is 2.62 bits per heavy atom. The average Bonchev–Trinajstić information content (AvgIpc) is 2.68. The van der Waals surface area contributed by atoms with Crippen molar-refractivity contribution in [2.45, 2.75) is 12.5 Å². The maximum atomic E-state index is 6.09. The lowest BCUT2D eigenvalue weighted by molar-refractivity contribution is 0.700. The largest absolute Gasteiger partial charge is 0.340 e. The molecule has 0 aliphatic rings. The second-order valence-corrected chi connectivity index (χ2v) is 4.82. The number of hydrogen-bond donors (Lipinski definition) is 1. The van der Waals surface area contributed by atoms with E-state index in [-0.39, 0.29) is 6.04 Å². The first-order chi connectivity index (χ1) is 7.65. The summed E-state index contributed by atoms with van der Waals surface area (Å²) in [7, 11) is 1.95. The highest BCUT2D eigenvalue weighted by molar-refractivity contribution is 9.10. The van der Waals surface area contributed by atoms with Gasteiger partial charge in [0.1, 0.15) is 0 Å². The van der Waals surface area contributed by atoms with Gasteiger partial charge in [-0.25, -0.2) is 4.98 Å². The maximum Gasteiger partial charge on any atom is 0.0947 e. The molecule has 1 unspecified atom stereocenters. The number of rotatable bonds is 3. The summed E-state index contributed by atoms with van der Waals surface area (Å²) in [5.74, 6) is 0. The molecule has 4 heteroatoms. The minimum absolute atomic E-state index is 0.0395. The SMILES string of the molecule is Cn1cnc(C(N)Cc2ccc(Br)cc2)c1. The van der Waals surface area contributed by atoms with Crippen molar-refractivity contribution in [3.63, 3.8) is 0 Å². The van der Waals surface area contributed by atoms with Crippen LogP contribution in [-0.4, -0.2) is 9.55 Å². The first-order valence-corrected chi connectivity index (χ1v) is 5.92. The Hall–Kier alpha value is -1.13. The molecule has 16 heavy (non-hydrogen) atoms. The molecule has 0 amide bonds. The number of benzene rings is 1. The van der Waals surface area contributed by atoms with Gasteiger partial charge < -0.3 is 10.3 Å². The Kier molecular flexibility index (Phi) is 3.41. The summed E-state index contributed by atoms with van der Waals surface area (Å²) in [6.07, 6.45) is 4.55. The molecule has 1 aromatic heterocycles. The van der Waals surface area contributed by atoms with Gasteiger partial charge in [0.15, 0.2) is 0 Å². The predicted molar refractivity (Wildman–Crippen MR) is 68.0 cm³/mol. The summed E-state index contributed by atoms with van der Waals surface area (Å²) in [6, 6.07) is 8.17. The second kappa shape index (κ2) is 4.80. The van der Waals surface area contributed by atoms with Crippen LogP contribution in [0.5, 0.6) is 0 Å². The molecule has 0 aliphatic heterocycles. The van der Waals surface area contributed by atoms with Crippen LogP contribution in [-0.2, 0) is 13.5 Å². The fourth-order valence-electron chi connectivity index (χ4n) is 1.60. The molecular weight excluding hydrogens is 266 g/mol. The number of aromatic nitrogens is 2. The van der Waals surface area contributed by atoms with E-state index < -0.39 is 0 Å². The van der Waals surface area contributed by atoms with Crippen LogP contribution in [0.1, 0.15) is 17.3 Å². The van der Waals surface area contributed by atoms with Gasteiger partial charge in [0, 0.05) is 17.7 Å². The molecule has 0 spiro atoms. The summed E-state index contributed by atoms with van der Waals surface area (Å²) >= 11 is 3.41. The highest BCUT2D eigenvalue weighted by Crippen LogP contribution is 2.16. The van der Waals surface area contributed by atoms with E-state index in [2.05, 4.69) is 33.0 Å². The molecule has 84 valence electrons. The second-order valence-electron chi connectivity index (χ2n) is 3.90. The first-order valence-electron chi connectivity index (χ1n) is 5.13. The number of imidazole rings is 1. The molecule has 0 saturated carbocycles. The quantitative estimate of drug-likeness (QED) is 0.938. The summed E-state index contributed by atoms with van der Waals surface area (Å²) < 4.78 is 3.00. The van der Waals surface area contributed by atoms with Crippen LogP contribution < -0.4 is 5.73 Å². The zero-order valence-electron chi connectivity index (χ0n) is 9.10. The Balaban J connectivity index is 2.07. The highest BCUT2D eigenvalue weighted by Gasteiger charge is 2.09. The minimum Gasteiger partial charge on any atom is -0.340 e. The molecule has 2 rings (SSSR count). The van der Waals surface area contributed by atoms with Gasteiger partial charge in [0.05, 0.1) is 18.1 Å². The molecule has 0 radical (unpaired) electrons. The van der Waals surface area contributed by atoms with E-state index in [1.54, 1.807) is 6.33 Å². The number of hydrogen-bond acceptors (Lipinski definition) is 2. The molecule has 3 nitrogen and oxygen atoms in total. The van der Waals surface area contributed by atoms with Crippen LogP contribution in [0.4, 0.5) is 0 Å². The van der Waals surface area contributed by atoms with E-state index in [0.29, 0.717) is 0 Å². The van der Waals surface area contributed by atoms with Gasteiger partial charge in [0.25, 0.3) is 0 Å². The van der Waals surface area contributed by atoms with E-state index in [4.69, 9.17) is 5.73 Å².